The largest absolute Gasteiger partial charge is 0.481 e. The van der Waals surface area contributed by atoms with Crippen molar-refractivity contribution in [1.29, 1.82) is 0 Å². The van der Waals surface area contributed by atoms with Gasteiger partial charge in [0.15, 0.2) is 0 Å². The standard InChI is InChI=1S/C16H18N2O3/c1-11(2)18(10-9-15(19)20)16(21)14-8-7-12-5-3-4-6-13(12)17-14/h3-8,11H,9-10H2,1-2H3,(H,19,20). The number of carboxylic acids is 1. The van der Waals surface area contributed by atoms with Gasteiger partial charge < -0.3 is 10.0 Å². The third kappa shape index (κ3) is 3.56. The Labute approximate surface area is 123 Å². The van der Waals surface area contributed by atoms with Gasteiger partial charge in [-0.2, -0.15) is 0 Å². The molecule has 0 atom stereocenters. The topological polar surface area (TPSA) is 70.5 Å². The van der Waals surface area contributed by atoms with Crippen molar-refractivity contribution in [1.82, 2.24) is 9.88 Å². The Kier molecular flexibility index (Phi) is 4.52. The number of pyridine rings is 1. The Hall–Kier alpha value is -2.43. The van der Waals surface area contributed by atoms with Crippen molar-refractivity contribution < 1.29 is 14.7 Å². The molecular weight excluding hydrogens is 268 g/mol. The first-order valence-corrected chi connectivity index (χ1v) is 6.87. The van der Waals surface area contributed by atoms with Crippen molar-refractivity contribution in [3.8, 4) is 0 Å². The highest BCUT2D eigenvalue weighted by Crippen LogP contribution is 2.14. The zero-order chi connectivity index (χ0) is 15.4. The van der Waals surface area contributed by atoms with Crippen molar-refractivity contribution in [2.24, 2.45) is 0 Å². The number of aliphatic carboxylic acids is 1. The zero-order valence-corrected chi connectivity index (χ0v) is 12.1. The molecule has 0 fully saturated rings. The minimum absolute atomic E-state index is 0.0719. The number of nitrogens with zero attached hydrogens (tertiary/aromatic N) is 2. The first-order chi connectivity index (χ1) is 9.99. The number of amides is 1. The Morgan fingerprint density at radius 2 is 1.90 bits per heavy atom. The summed E-state index contributed by atoms with van der Waals surface area (Å²) in [6.07, 6.45) is -0.0719. The van der Waals surface area contributed by atoms with Crippen molar-refractivity contribution in [3.63, 3.8) is 0 Å². The summed E-state index contributed by atoms with van der Waals surface area (Å²) in [6, 6.07) is 11.0. The quantitative estimate of drug-likeness (QED) is 0.917. The average molecular weight is 286 g/mol. The van der Waals surface area contributed by atoms with Gasteiger partial charge in [-0.25, -0.2) is 4.98 Å². The minimum atomic E-state index is -0.917. The smallest absolute Gasteiger partial charge is 0.305 e. The van der Waals surface area contributed by atoms with Gasteiger partial charge in [-0.3, -0.25) is 9.59 Å². The molecule has 0 radical (unpaired) electrons. The van der Waals surface area contributed by atoms with E-state index in [2.05, 4.69) is 4.98 Å². The van der Waals surface area contributed by atoms with Gasteiger partial charge in [0, 0.05) is 18.0 Å². The third-order valence-electron chi connectivity index (χ3n) is 3.27. The summed E-state index contributed by atoms with van der Waals surface area (Å²) in [4.78, 5) is 29.1. The molecule has 2 aromatic rings. The fourth-order valence-corrected chi connectivity index (χ4v) is 2.14. The van der Waals surface area contributed by atoms with E-state index in [-0.39, 0.29) is 24.9 Å². The molecule has 1 aromatic heterocycles. The maximum atomic E-state index is 12.5. The number of hydrogen-bond donors (Lipinski definition) is 1. The molecule has 5 nitrogen and oxygen atoms in total. The second kappa shape index (κ2) is 6.35. The van der Waals surface area contributed by atoms with Crippen LogP contribution in [0.4, 0.5) is 0 Å². The summed E-state index contributed by atoms with van der Waals surface area (Å²) < 4.78 is 0. The molecule has 5 heteroatoms. The van der Waals surface area contributed by atoms with Crippen molar-refractivity contribution >= 4 is 22.8 Å². The van der Waals surface area contributed by atoms with Gasteiger partial charge in [0.2, 0.25) is 0 Å². The number of benzene rings is 1. The summed E-state index contributed by atoms with van der Waals surface area (Å²) in [7, 11) is 0. The van der Waals surface area contributed by atoms with Crippen LogP contribution in [-0.2, 0) is 4.79 Å². The average Bonchev–Trinajstić information content (AvgIpc) is 2.46. The van der Waals surface area contributed by atoms with Crippen LogP contribution in [0.3, 0.4) is 0 Å². The number of fused-ring (bicyclic) bond motifs is 1. The number of hydrogen-bond acceptors (Lipinski definition) is 3. The van der Waals surface area contributed by atoms with E-state index >= 15 is 0 Å². The highest BCUT2D eigenvalue weighted by Gasteiger charge is 2.20. The Morgan fingerprint density at radius 3 is 2.57 bits per heavy atom. The molecule has 1 N–H and O–H groups in total. The second-order valence-corrected chi connectivity index (χ2v) is 5.13. The lowest BCUT2D eigenvalue weighted by atomic mass is 10.2. The van der Waals surface area contributed by atoms with E-state index in [1.807, 2.05) is 44.2 Å². The summed E-state index contributed by atoms with van der Waals surface area (Å²) in [6.45, 7) is 3.90. The summed E-state index contributed by atoms with van der Waals surface area (Å²) in [5, 5.41) is 9.75. The van der Waals surface area contributed by atoms with Gasteiger partial charge in [-0.15, -0.1) is 0 Å². The van der Waals surface area contributed by atoms with Gasteiger partial charge >= 0.3 is 5.97 Å². The van der Waals surface area contributed by atoms with Gasteiger partial charge in [0.1, 0.15) is 5.69 Å². The Balaban J connectivity index is 2.27. The number of carbonyl (C=O) groups excluding carboxylic acids is 1. The van der Waals surface area contributed by atoms with Gasteiger partial charge in [-0.1, -0.05) is 24.3 Å². The molecule has 0 aliphatic carbocycles. The number of rotatable bonds is 5. The molecule has 0 spiro atoms. The van der Waals surface area contributed by atoms with Gasteiger partial charge in [0.25, 0.3) is 5.91 Å². The van der Waals surface area contributed by atoms with Crippen molar-refractivity contribution in [3.05, 3.63) is 42.1 Å². The maximum Gasteiger partial charge on any atom is 0.305 e. The minimum Gasteiger partial charge on any atom is -0.481 e. The molecule has 1 heterocycles. The first kappa shape index (κ1) is 15.0. The van der Waals surface area contributed by atoms with Crippen LogP contribution in [0.15, 0.2) is 36.4 Å². The molecule has 0 saturated heterocycles. The summed E-state index contributed by atoms with van der Waals surface area (Å²) in [5.41, 5.74) is 1.10. The zero-order valence-electron chi connectivity index (χ0n) is 12.1. The lowest BCUT2D eigenvalue weighted by molar-refractivity contribution is -0.137. The molecule has 21 heavy (non-hydrogen) atoms. The van der Waals surface area contributed by atoms with Crippen LogP contribution in [0.1, 0.15) is 30.8 Å². The number of carbonyl (C=O) groups is 2. The lowest BCUT2D eigenvalue weighted by Crippen LogP contribution is -2.38. The van der Waals surface area contributed by atoms with Crippen LogP contribution in [0, 0.1) is 0 Å². The SMILES string of the molecule is CC(C)N(CCC(=O)O)C(=O)c1ccc2ccccc2n1. The molecule has 2 rings (SSSR count). The molecule has 0 bridgehead atoms. The van der Waals surface area contributed by atoms with Gasteiger partial charge in [-0.05, 0) is 26.0 Å². The molecule has 0 aliphatic rings. The van der Waals surface area contributed by atoms with E-state index in [0.29, 0.717) is 5.69 Å². The highest BCUT2D eigenvalue weighted by molar-refractivity contribution is 5.95. The normalized spacial score (nSPS) is 10.8. The second-order valence-electron chi connectivity index (χ2n) is 5.13. The fraction of sp³-hybridized carbons (Fsp3) is 0.312. The molecule has 0 saturated carbocycles. The molecule has 0 unspecified atom stereocenters. The monoisotopic (exact) mass is 286 g/mol. The molecule has 1 amide bonds. The lowest BCUT2D eigenvalue weighted by Gasteiger charge is -2.25. The van der Waals surface area contributed by atoms with E-state index in [9.17, 15) is 9.59 Å². The Bertz CT molecular complexity index is 667. The summed E-state index contributed by atoms with van der Waals surface area (Å²) >= 11 is 0. The molecule has 0 aliphatic heterocycles. The molecular formula is C16H18N2O3. The van der Waals surface area contributed by atoms with Crippen molar-refractivity contribution in [2.45, 2.75) is 26.3 Å². The molecule has 1 aromatic carbocycles. The van der Waals surface area contributed by atoms with E-state index in [1.165, 1.54) is 4.90 Å². The molecule has 110 valence electrons. The Morgan fingerprint density at radius 1 is 1.19 bits per heavy atom. The van der Waals surface area contributed by atoms with Crippen LogP contribution in [0.2, 0.25) is 0 Å². The van der Waals surface area contributed by atoms with Crippen molar-refractivity contribution in [2.75, 3.05) is 6.54 Å². The van der Waals surface area contributed by atoms with Crippen LogP contribution < -0.4 is 0 Å². The maximum absolute atomic E-state index is 12.5. The predicted molar refractivity (Wildman–Crippen MR) is 80.2 cm³/mol. The number of carboxylic acid groups (broad SMARTS) is 1. The number of para-hydroxylation sites is 1. The van der Waals surface area contributed by atoms with Crippen LogP contribution in [0.5, 0.6) is 0 Å². The summed E-state index contributed by atoms with van der Waals surface area (Å²) in [5.74, 6) is -1.16. The van der Waals surface area contributed by atoms with E-state index in [1.54, 1.807) is 6.07 Å². The highest BCUT2D eigenvalue weighted by atomic mass is 16.4. The first-order valence-electron chi connectivity index (χ1n) is 6.87. The number of aromatic nitrogens is 1. The predicted octanol–water partition coefficient (Wildman–Crippen LogP) is 2.56. The van der Waals surface area contributed by atoms with Gasteiger partial charge in [0.05, 0.1) is 11.9 Å². The third-order valence-corrected chi connectivity index (χ3v) is 3.27. The fourth-order valence-electron chi connectivity index (χ4n) is 2.14. The van der Waals surface area contributed by atoms with Crippen LogP contribution in [0.25, 0.3) is 10.9 Å². The van der Waals surface area contributed by atoms with E-state index in [4.69, 9.17) is 5.11 Å². The van der Waals surface area contributed by atoms with E-state index in [0.717, 1.165) is 10.9 Å². The van der Waals surface area contributed by atoms with E-state index < -0.39 is 5.97 Å². The van der Waals surface area contributed by atoms with Crippen LogP contribution >= 0.6 is 0 Å². The van der Waals surface area contributed by atoms with Crippen LogP contribution in [-0.4, -0.2) is 39.5 Å².